The van der Waals surface area contributed by atoms with Crippen molar-refractivity contribution in [1.29, 1.82) is 0 Å². The van der Waals surface area contributed by atoms with Crippen LogP contribution in [0.4, 0.5) is 0 Å². The molecule has 1 aliphatic rings. The number of carboxylic acids is 1. The van der Waals surface area contributed by atoms with Crippen molar-refractivity contribution in [2.45, 2.75) is 64.4 Å². The number of ketones is 1. The molecule has 0 amide bonds. The second-order valence-electron chi connectivity index (χ2n) is 6.39. The Hall–Kier alpha value is -1.68. The number of carboxylic acid groups (broad SMARTS) is 1. The molecule has 1 rings (SSSR count). The summed E-state index contributed by atoms with van der Waals surface area (Å²) in [4.78, 5) is 22.5. The number of aliphatic carboxylic acids is 1. The molecule has 0 aliphatic heterocycles. The van der Waals surface area contributed by atoms with E-state index in [0.717, 1.165) is 6.42 Å². The van der Waals surface area contributed by atoms with E-state index < -0.39 is 12.1 Å². The molecule has 0 saturated carbocycles. The van der Waals surface area contributed by atoms with Gasteiger partial charge in [0.1, 0.15) is 0 Å². The maximum absolute atomic E-state index is 11.9. The van der Waals surface area contributed by atoms with E-state index in [1.165, 1.54) is 19.3 Å². The fraction of sp³-hybridized carbons (Fsp3) is 0.600. The summed E-state index contributed by atoms with van der Waals surface area (Å²) in [7, 11) is 0. The van der Waals surface area contributed by atoms with Crippen molar-refractivity contribution >= 4 is 11.8 Å². The topological polar surface area (TPSA) is 74.6 Å². The molecule has 0 radical (unpaired) electrons. The number of hydrogen-bond donors (Lipinski definition) is 2. The quantitative estimate of drug-likeness (QED) is 0.417. The van der Waals surface area contributed by atoms with Crippen molar-refractivity contribution in [3.8, 4) is 0 Å². The zero-order valence-corrected chi connectivity index (χ0v) is 14.6. The van der Waals surface area contributed by atoms with Gasteiger partial charge in [0.05, 0.1) is 6.10 Å². The number of hydrogen-bond acceptors (Lipinski definition) is 3. The highest BCUT2D eigenvalue weighted by molar-refractivity contribution is 5.95. The molecule has 0 saturated heterocycles. The van der Waals surface area contributed by atoms with E-state index in [1.807, 2.05) is 12.2 Å². The average Bonchev–Trinajstić information content (AvgIpc) is 2.88. The molecule has 0 aromatic rings. The zero-order chi connectivity index (χ0) is 17.8. The molecule has 4 heteroatoms. The highest BCUT2D eigenvalue weighted by atomic mass is 16.4. The molecule has 24 heavy (non-hydrogen) atoms. The summed E-state index contributed by atoms with van der Waals surface area (Å²) in [5, 5.41) is 18.7. The first-order valence-electron chi connectivity index (χ1n) is 8.99. The van der Waals surface area contributed by atoms with Crippen molar-refractivity contribution in [3.05, 3.63) is 36.5 Å². The number of carbonyl (C=O) groups excluding carboxylic acids is 1. The van der Waals surface area contributed by atoms with Crippen LogP contribution in [-0.2, 0) is 9.59 Å². The molecule has 1 aliphatic carbocycles. The van der Waals surface area contributed by atoms with Crippen LogP contribution in [0.15, 0.2) is 36.5 Å². The molecular formula is C20H30O4. The first kappa shape index (κ1) is 20.4. The third kappa shape index (κ3) is 8.25. The molecule has 3 atom stereocenters. The molecule has 0 fully saturated rings. The number of allylic oxidation sites excluding steroid dienone is 4. The van der Waals surface area contributed by atoms with E-state index in [4.69, 9.17) is 5.11 Å². The monoisotopic (exact) mass is 334 g/mol. The Morgan fingerprint density at radius 3 is 2.79 bits per heavy atom. The van der Waals surface area contributed by atoms with Crippen LogP contribution in [0.3, 0.4) is 0 Å². The van der Waals surface area contributed by atoms with Gasteiger partial charge in [-0.15, -0.1) is 0 Å². The second kappa shape index (κ2) is 11.8. The third-order valence-corrected chi connectivity index (χ3v) is 4.28. The third-order valence-electron chi connectivity index (χ3n) is 4.28. The predicted octanol–water partition coefficient (Wildman–Crippen LogP) is 4.06. The van der Waals surface area contributed by atoms with Crippen molar-refractivity contribution in [2.24, 2.45) is 11.8 Å². The van der Waals surface area contributed by atoms with Gasteiger partial charge in [-0.1, -0.05) is 50.1 Å². The fourth-order valence-electron chi connectivity index (χ4n) is 2.85. The summed E-state index contributed by atoms with van der Waals surface area (Å²) in [6, 6.07) is 0. The van der Waals surface area contributed by atoms with Crippen LogP contribution in [0.2, 0.25) is 0 Å². The molecule has 0 heterocycles. The van der Waals surface area contributed by atoms with Gasteiger partial charge in [0, 0.05) is 12.3 Å². The number of rotatable bonds is 12. The Morgan fingerprint density at radius 2 is 2.08 bits per heavy atom. The Kier molecular flexibility index (Phi) is 10.0. The van der Waals surface area contributed by atoms with Crippen LogP contribution >= 0.6 is 0 Å². The molecule has 0 spiro atoms. The minimum Gasteiger partial charge on any atom is -0.481 e. The van der Waals surface area contributed by atoms with Crippen molar-refractivity contribution < 1.29 is 19.8 Å². The lowest BCUT2D eigenvalue weighted by Crippen LogP contribution is -2.15. The van der Waals surface area contributed by atoms with Crippen molar-refractivity contribution in [3.63, 3.8) is 0 Å². The number of aliphatic hydroxyl groups excluding tert-OH is 1. The van der Waals surface area contributed by atoms with Crippen LogP contribution < -0.4 is 0 Å². The van der Waals surface area contributed by atoms with Crippen molar-refractivity contribution in [2.75, 3.05) is 0 Å². The lowest BCUT2D eigenvalue weighted by Gasteiger charge is -2.14. The van der Waals surface area contributed by atoms with Gasteiger partial charge < -0.3 is 10.2 Å². The summed E-state index contributed by atoms with van der Waals surface area (Å²) < 4.78 is 0. The molecule has 4 nitrogen and oxygen atoms in total. The number of carbonyl (C=O) groups is 2. The smallest absolute Gasteiger partial charge is 0.303 e. The second-order valence-corrected chi connectivity index (χ2v) is 6.39. The largest absolute Gasteiger partial charge is 0.481 e. The summed E-state index contributed by atoms with van der Waals surface area (Å²) in [5.74, 6) is -0.989. The van der Waals surface area contributed by atoms with Gasteiger partial charge in [-0.25, -0.2) is 0 Å². The van der Waals surface area contributed by atoms with Crippen LogP contribution in [0.5, 0.6) is 0 Å². The first-order valence-corrected chi connectivity index (χ1v) is 8.99. The van der Waals surface area contributed by atoms with E-state index in [-0.39, 0.29) is 24.0 Å². The molecule has 0 aromatic carbocycles. The molecule has 0 aromatic heterocycles. The fourth-order valence-corrected chi connectivity index (χ4v) is 2.85. The Morgan fingerprint density at radius 1 is 1.29 bits per heavy atom. The van der Waals surface area contributed by atoms with Crippen LogP contribution in [0.1, 0.15) is 58.3 Å². The number of unbranched alkanes of at least 4 members (excludes halogenated alkanes) is 3. The highest BCUT2D eigenvalue weighted by Gasteiger charge is 2.27. The molecule has 0 bridgehead atoms. The maximum Gasteiger partial charge on any atom is 0.303 e. The van der Waals surface area contributed by atoms with Crippen LogP contribution in [0, 0.1) is 11.8 Å². The van der Waals surface area contributed by atoms with E-state index in [1.54, 1.807) is 18.2 Å². The van der Waals surface area contributed by atoms with E-state index in [2.05, 4.69) is 13.0 Å². The van der Waals surface area contributed by atoms with Crippen LogP contribution in [-0.4, -0.2) is 28.1 Å². The highest BCUT2D eigenvalue weighted by Crippen LogP contribution is 2.28. The minimum absolute atomic E-state index is 0.0360. The van der Waals surface area contributed by atoms with Gasteiger partial charge in [-0.05, 0) is 44.1 Å². The zero-order valence-electron chi connectivity index (χ0n) is 14.6. The van der Waals surface area contributed by atoms with Gasteiger partial charge in [-0.3, -0.25) is 9.59 Å². The summed E-state index contributed by atoms with van der Waals surface area (Å²) in [6.07, 6.45) is 17.0. The van der Waals surface area contributed by atoms with Crippen LogP contribution in [0.25, 0.3) is 0 Å². The molecular weight excluding hydrogens is 304 g/mol. The van der Waals surface area contributed by atoms with E-state index >= 15 is 0 Å². The van der Waals surface area contributed by atoms with E-state index in [0.29, 0.717) is 19.3 Å². The maximum atomic E-state index is 11.9. The van der Waals surface area contributed by atoms with Gasteiger partial charge in [0.2, 0.25) is 0 Å². The summed E-state index contributed by atoms with van der Waals surface area (Å²) in [5.41, 5.74) is 0. The standard InChI is InChI=1S/C20H30O4/c1-2-3-4-5-6-7-10-17(21)13-14-18-16(12-15-19(18)22)9-8-11-20(23)24/h6-7,12-18,21H,2-5,8-11H2,1H3,(H,23,24)/b7-6-,14-13+/t16-,17-,18+/m0/s1. The normalized spacial score (nSPS) is 22.0. The van der Waals surface area contributed by atoms with Crippen molar-refractivity contribution in [1.82, 2.24) is 0 Å². The summed E-state index contributed by atoms with van der Waals surface area (Å²) >= 11 is 0. The van der Waals surface area contributed by atoms with Gasteiger partial charge in [0.25, 0.3) is 0 Å². The average molecular weight is 334 g/mol. The Labute approximate surface area is 145 Å². The molecule has 2 N–H and O–H groups in total. The first-order chi connectivity index (χ1) is 11.5. The summed E-state index contributed by atoms with van der Waals surface area (Å²) in [6.45, 7) is 2.17. The Balaban J connectivity index is 2.36. The van der Waals surface area contributed by atoms with Gasteiger partial charge in [-0.2, -0.15) is 0 Å². The van der Waals surface area contributed by atoms with Gasteiger partial charge >= 0.3 is 5.97 Å². The lowest BCUT2D eigenvalue weighted by molar-refractivity contribution is -0.137. The predicted molar refractivity (Wildman–Crippen MR) is 95.7 cm³/mol. The Bertz CT molecular complexity index is 476. The molecule has 0 unspecified atom stereocenters. The number of aliphatic hydroxyl groups is 1. The van der Waals surface area contributed by atoms with Gasteiger partial charge in [0.15, 0.2) is 5.78 Å². The lowest BCUT2D eigenvalue weighted by atomic mass is 9.89. The molecule has 134 valence electrons. The van der Waals surface area contributed by atoms with E-state index in [9.17, 15) is 14.7 Å². The minimum atomic E-state index is -0.809. The SMILES string of the molecule is CCCCC/C=C\C[C@H](O)/C=C/[C@H]1C(=O)C=C[C@@H]1CCCC(=O)O.